The van der Waals surface area contributed by atoms with Gasteiger partial charge < -0.3 is 5.32 Å². The molecule has 0 bridgehead atoms. The van der Waals surface area contributed by atoms with Crippen LogP contribution in [0.4, 0.5) is 0 Å². The lowest BCUT2D eigenvalue weighted by molar-refractivity contribution is -0.132. The van der Waals surface area contributed by atoms with Gasteiger partial charge in [-0.05, 0) is 11.1 Å². The summed E-state index contributed by atoms with van der Waals surface area (Å²) in [4.78, 5) is 12.6. The summed E-state index contributed by atoms with van der Waals surface area (Å²) in [6.45, 7) is 4.09. The van der Waals surface area contributed by atoms with Crippen LogP contribution in [-0.2, 0) is 4.79 Å². The molecule has 0 radical (unpaired) electrons. The van der Waals surface area contributed by atoms with Crippen molar-refractivity contribution < 1.29 is 4.79 Å². The molecule has 1 saturated heterocycles. The normalized spacial score (nSPS) is 23.6. The summed E-state index contributed by atoms with van der Waals surface area (Å²) in [6, 6.07) is 20.6. The molecule has 3 heteroatoms. The number of piperidine rings is 1. The zero-order chi connectivity index (χ0) is 14.9. The molecule has 0 saturated carbocycles. The van der Waals surface area contributed by atoms with Crippen LogP contribution in [0.1, 0.15) is 43.5 Å². The molecule has 1 N–H and O–H groups in total. The van der Waals surface area contributed by atoms with E-state index >= 15 is 0 Å². The second-order valence-electron chi connectivity index (χ2n) is 6.32. The summed E-state index contributed by atoms with van der Waals surface area (Å²) < 4.78 is 0. The SMILES string of the molecule is CC1(C)C(=O)CC(c2ccccc2)NC1c1ccccc1.Cl. The molecule has 2 atom stereocenters. The zero-order valence-corrected chi connectivity index (χ0v) is 13.8. The molecular formula is C19H22ClNO. The van der Waals surface area contributed by atoms with Crippen molar-refractivity contribution >= 4 is 18.2 Å². The Bertz CT molecular complexity index is 624. The fourth-order valence-corrected chi connectivity index (χ4v) is 3.14. The van der Waals surface area contributed by atoms with E-state index in [-0.39, 0.29) is 29.9 Å². The maximum absolute atomic E-state index is 12.6. The molecule has 0 aromatic heterocycles. The average Bonchev–Trinajstić information content (AvgIpc) is 2.51. The van der Waals surface area contributed by atoms with Gasteiger partial charge in [-0.3, -0.25) is 4.79 Å². The molecule has 1 fully saturated rings. The number of carbonyl (C=O) groups is 1. The molecule has 1 aliphatic heterocycles. The molecule has 116 valence electrons. The van der Waals surface area contributed by atoms with E-state index in [4.69, 9.17) is 0 Å². The number of nitrogens with one attached hydrogen (secondary N) is 1. The fraction of sp³-hybridized carbons (Fsp3) is 0.316. The summed E-state index contributed by atoms with van der Waals surface area (Å²) in [5.74, 6) is 0.323. The molecule has 0 spiro atoms. The third-order valence-corrected chi connectivity index (χ3v) is 4.53. The van der Waals surface area contributed by atoms with Gasteiger partial charge in [0, 0.05) is 23.9 Å². The first kappa shape index (κ1) is 16.7. The minimum atomic E-state index is -0.382. The first-order valence-corrected chi connectivity index (χ1v) is 7.48. The topological polar surface area (TPSA) is 29.1 Å². The summed E-state index contributed by atoms with van der Waals surface area (Å²) >= 11 is 0. The van der Waals surface area contributed by atoms with Crippen molar-refractivity contribution in [2.75, 3.05) is 0 Å². The van der Waals surface area contributed by atoms with Gasteiger partial charge in [-0.2, -0.15) is 0 Å². The number of Topliss-reactive ketones (excluding diaryl/α,β-unsaturated/α-hetero) is 1. The highest BCUT2D eigenvalue weighted by atomic mass is 35.5. The Balaban J connectivity index is 0.00000176. The van der Waals surface area contributed by atoms with E-state index in [1.165, 1.54) is 11.1 Å². The maximum Gasteiger partial charge on any atom is 0.142 e. The van der Waals surface area contributed by atoms with E-state index < -0.39 is 0 Å². The van der Waals surface area contributed by atoms with Gasteiger partial charge in [0.15, 0.2) is 0 Å². The van der Waals surface area contributed by atoms with Crippen LogP contribution in [-0.4, -0.2) is 5.78 Å². The molecular weight excluding hydrogens is 294 g/mol. The van der Waals surface area contributed by atoms with Crippen LogP contribution in [0.25, 0.3) is 0 Å². The summed E-state index contributed by atoms with van der Waals surface area (Å²) in [6.07, 6.45) is 0.556. The molecule has 2 aromatic rings. The zero-order valence-electron chi connectivity index (χ0n) is 13.0. The highest BCUT2D eigenvalue weighted by Gasteiger charge is 2.43. The lowest BCUT2D eigenvalue weighted by atomic mass is 9.71. The van der Waals surface area contributed by atoms with Gasteiger partial charge in [-0.15, -0.1) is 12.4 Å². The minimum absolute atomic E-state index is 0. The van der Waals surface area contributed by atoms with Gasteiger partial charge in [0.2, 0.25) is 0 Å². The van der Waals surface area contributed by atoms with Crippen LogP contribution >= 0.6 is 12.4 Å². The van der Waals surface area contributed by atoms with Gasteiger partial charge in [-0.25, -0.2) is 0 Å². The number of hydrogen-bond donors (Lipinski definition) is 1. The van der Waals surface area contributed by atoms with Gasteiger partial charge in [0.25, 0.3) is 0 Å². The van der Waals surface area contributed by atoms with Gasteiger partial charge in [0.05, 0.1) is 0 Å². The lowest BCUT2D eigenvalue weighted by Crippen LogP contribution is -2.47. The largest absolute Gasteiger partial charge is 0.302 e. The van der Waals surface area contributed by atoms with Crippen LogP contribution in [0.2, 0.25) is 0 Å². The highest BCUT2D eigenvalue weighted by molar-refractivity contribution is 5.86. The van der Waals surface area contributed by atoms with Gasteiger partial charge in [0.1, 0.15) is 5.78 Å². The van der Waals surface area contributed by atoms with Crippen LogP contribution in [0.5, 0.6) is 0 Å². The van der Waals surface area contributed by atoms with E-state index in [1.54, 1.807) is 0 Å². The Morgan fingerprint density at radius 2 is 1.41 bits per heavy atom. The smallest absolute Gasteiger partial charge is 0.142 e. The average molecular weight is 316 g/mol. The van der Waals surface area contributed by atoms with Crippen molar-refractivity contribution in [3.63, 3.8) is 0 Å². The fourth-order valence-electron chi connectivity index (χ4n) is 3.14. The second-order valence-corrected chi connectivity index (χ2v) is 6.32. The van der Waals surface area contributed by atoms with E-state index in [0.717, 1.165) is 0 Å². The van der Waals surface area contributed by atoms with Crippen molar-refractivity contribution in [3.05, 3.63) is 71.8 Å². The maximum atomic E-state index is 12.6. The van der Waals surface area contributed by atoms with E-state index in [0.29, 0.717) is 12.2 Å². The Labute approximate surface area is 138 Å². The molecule has 1 heterocycles. The number of halogens is 1. The lowest BCUT2D eigenvalue weighted by Gasteiger charge is -2.42. The molecule has 3 rings (SSSR count). The van der Waals surface area contributed by atoms with Crippen LogP contribution in [0.15, 0.2) is 60.7 Å². The predicted molar refractivity (Wildman–Crippen MR) is 92.2 cm³/mol. The summed E-state index contributed by atoms with van der Waals surface area (Å²) in [5.41, 5.74) is 1.98. The van der Waals surface area contributed by atoms with Crippen LogP contribution < -0.4 is 5.32 Å². The van der Waals surface area contributed by atoms with Crippen LogP contribution in [0, 0.1) is 5.41 Å². The van der Waals surface area contributed by atoms with Crippen molar-refractivity contribution in [2.24, 2.45) is 5.41 Å². The standard InChI is InChI=1S/C19H21NO.ClH/c1-19(2)17(21)13-16(14-9-5-3-6-10-14)20-18(19)15-11-7-4-8-12-15;/h3-12,16,18,20H,13H2,1-2H3;1H. The number of hydrogen-bond acceptors (Lipinski definition) is 2. The van der Waals surface area contributed by atoms with Gasteiger partial charge in [-0.1, -0.05) is 74.5 Å². The van der Waals surface area contributed by atoms with E-state index in [9.17, 15) is 4.79 Å². The van der Waals surface area contributed by atoms with Crippen molar-refractivity contribution in [1.82, 2.24) is 5.32 Å². The number of carbonyl (C=O) groups excluding carboxylic acids is 1. The van der Waals surface area contributed by atoms with Crippen molar-refractivity contribution in [1.29, 1.82) is 0 Å². The summed E-state index contributed by atoms with van der Waals surface area (Å²) in [7, 11) is 0. The molecule has 2 unspecified atom stereocenters. The Morgan fingerprint density at radius 3 is 1.95 bits per heavy atom. The number of rotatable bonds is 2. The second kappa shape index (κ2) is 6.64. The molecule has 0 amide bonds. The quantitative estimate of drug-likeness (QED) is 0.885. The summed E-state index contributed by atoms with van der Waals surface area (Å²) in [5, 5.41) is 3.69. The van der Waals surface area contributed by atoms with E-state index in [1.807, 2.05) is 50.2 Å². The Morgan fingerprint density at radius 1 is 0.909 bits per heavy atom. The minimum Gasteiger partial charge on any atom is -0.302 e. The molecule has 0 aliphatic carbocycles. The number of ketones is 1. The first-order valence-electron chi connectivity index (χ1n) is 7.48. The van der Waals surface area contributed by atoms with E-state index in [2.05, 4.69) is 29.6 Å². The third kappa shape index (κ3) is 3.08. The highest BCUT2D eigenvalue weighted by Crippen LogP contribution is 2.42. The Hall–Kier alpha value is -1.64. The molecule has 1 aliphatic rings. The molecule has 2 aromatic carbocycles. The van der Waals surface area contributed by atoms with Gasteiger partial charge >= 0.3 is 0 Å². The monoisotopic (exact) mass is 315 g/mol. The van der Waals surface area contributed by atoms with Crippen molar-refractivity contribution in [3.8, 4) is 0 Å². The Kier molecular flexibility index (Phi) is 5.05. The molecule has 2 nitrogen and oxygen atoms in total. The predicted octanol–water partition coefficient (Wildman–Crippen LogP) is 4.48. The van der Waals surface area contributed by atoms with Crippen LogP contribution in [0.3, 0.4) is 0 Å². The third-order valence-electron chi connectivity index (χ3n) is 4.53. The molecule has 22 heavy (non-hydrogen) atoms. The number of benzene rings is 2. The van der Waals surface area contributed by atoms with Crippen molar-refractivity contribution in [2.45, 2.75) is 32.4 Å². The first-order chi connectivity index (χ1) is 10.1.